The van der Waals surface area contributed by atoms with Gasteiger partial charge in [0.05, 0.1) is 0 Å². The van der Waals surface area contributed by atoms with Gasteiger partial charge in [0.1, 0.15) is 5.84 Å². The van der Waals surface area contributed by atoms with E-state index in [1.54, 1.807) is 4.57 Å². The molecule has 4 N–H and O–H groups in total. The summed E-state index contributed by atoms with van der Waals surface area (Å²) >= 11 is 1.45. The van der Waals surface area contributed by atoms with Crippen LogP contribution in [0.3, 0.4) is 0 Å². The van der Waals surface area contributed by atoms with Crippen LogP contribution in [-0.2, 0) is 5.75 Å². The smallest absolute Gasteiger partial charge is 0.344 e. The van der Waals surface area contributed by atoms with Crippen LogP contribution in [0.5, 0.6) is 0 Å². The normalized spacial score (nSPS) is 10.9. The summed E-state index contributed by atoms with van der Waals surface area (Å²) in [6.07, 6.45) is 0. The van der Waals surface area contributed by atoms with Crippen LogP contribution in [-0.4, -0.2) is 20.6 Å². The van der Waals surface area contributed by atoms with Crippen LogP contribution >= 0.6 is 11.8 Å². The Balaban J connectivity index is 2.22. The number of benzene rings is 1. The number of nitrogens with one attached hydrogen (secondary N) is 2. The van der Waals surface area contributed by atoms with Crippen molar-refractivity contribution in [2.24, 2.45) is 5.73 Å². The van der Waals surface area contributed by atoms with Gasteiger partial charge in [-0.2, -0.15) is 0 Å². The monoisotopic (exact) mass is 291 g/mol. The number of H-pyrrole nitrogens is 1. The van der Waals surface area contributed by atoms with Gasteiger partial charge in [-0.3, -0.25) is 9.98 Å². The van der Waals surface area contributed by atoms with Crippen LogP contribution in [0.25, 0.3) is 0 Å². The summed E-state index contributed by atoms with van der Waals surface area (Å²) in [5.41, 5.74) is 7.03. The molecule has 0 saturated carbocycles. The summed E-state index contributed by atoms with van der Waals surface area (Å²) < 4.78 is 1.61. The second kappa shape index (κ2) is 5.96. The number of thioether (sulfide) groups is 1. The summed E-state index contributed by atoms with van der Waals surface area (Å²) in [5, 5.41) is 14.7. The van der Waals surface area contributed by atoms with E-state index in [-0.39, 0.29) is 17.6 Å². The molecular formula is C13H17N5OS. The number of nitrogen functional groups attached to an aromatic ring is 1. The molecule has 0 fully saturated rings. The van der Waals surface area contributed by atoms with E-state index in [1.165, 1.54) is 11.8 Å². The highest BCUT2D eigenvalue weighted by Crippen LogP contribution is 2.23. The summed E-state index contributed by atoms with van der Waals surface area (Å²) in [7, 11) is 0. The molecule has 6 nitrogen and oxygen atoms in total. The Labute approximate surface area is 120 Å². The number of nitrogens with two attached hydrogens (primary N) is 1. The Kier molecular flexibility index (Phi) is 4.29. The number of aromatic nitrogens is 3. The molecule has 0 radical (unpaired) electrons. The van der Waals surface area contributed by atoms with E-state index < -0.39 is 0 Å². The predicted octanol–water partition coefficient (Wildman–Crippen LogP) is 1.73. The van der Waals surface area contributed by atoms with Crippen LogP contribution in [0.2, 0.25) is 0 Å². The van der Waals surface area contributed by atoms with Gasteiger partial charge in [0.2, 0.25) is 0 Å². The average molecular weight is 291 g/mol. The molecule has 20 heavy (non-hydrogen) atoms. The van der Waals surface area contributed by atoms with E-state index in [4.69, 9.17) is 11.1 Å². The lowest BCUT2D eigenvalue weighted by Crippen LogP contribution is -2.19. The van der Waals surface area contributed by atoms with Gasteiger partial charge in [-0.05, 0) is 19.4 Å². The van der Waals surface area contributed by atoms with E-state index in [1.807, 2.05) is 38.1 Å². The molecule has 1 heterocycles. The average Bonchev–Trinajstić information content (AvgIpc) is 2.77. The third-order valence-electron chi connectivity index (χ3n) is 2.85. The Hall–Kier alpha value is -2.02. The highest BCUT2D eigenvalue weighted by atomic mass is 32.2. The van der Waals surface area contributed by atoms with Gasteiger partial charge in [0, 0.05) is 17.4 Å². The molecule has 0 atom stereocenters. The molecule has 1 aromatic carbocycles. The molecule has 1 aromatic heterocycles. The van der Waals surface area contributed by atoms with Gasteiger partial charge >= 0.3 is 5.69 Å². The van der Waals surface area contributed by atoms with Crippen LogP contribution in [0.1, 0.15) is 31.0 Å². The first-order chi connectivity index (χ1) is 9.50. The summed E-state index contributed by atoms with van der Waals surface area (Å²) in [4.78, 5) is 11.6. The van der Waals surface area contributed by atoms with Crippen LogP contribution in [0.15, 0.2) is 34.2 Å². The first-order valence-corrected chi connectivity index (χ1v) is 7.21. The zero-order valence-electron chi connectivity index (χ0n) is 11.4. The number of rotatable bonds is 5. The SMILES string of the molecule is CC(C)n1c(SCc2ccccc2C(=N)N)n[nH]c1=O. The maximum absolute atomic E-state index is 11.6. The molecule has 0 aliphatic heterocycles. The highest BCUT2D eigenvalue weighted by molar-refractivity contribution is 7.98. The van der Waals surface area contributed by atoms with Crippen molar-refractivity contribution in [3.63, 3.8) is 0 Å². The Bertz CT molecular complexity index is 673. The van der Waals surface area contributed by atoms with E-state index in [2.05, 4.69) is 10.2 Å². The van der Waals surface area contributed by atoms with Crippen molar-refractivity contribution in [3.8, 4) is 0 Å². The van der Waals surface area contributed by atoms with Gasteiger partial charge in [-0.1, -0.05) is 36.0 Å². The van der Waals surface area contributed by atoms with Gasteiger partial charge in [0.15, 0.2) is 5.16 Å². The molecule has 0 bridgehead atoms. The van der Waals surface area contributed by atoms with Crippen LogP contribution < -0.4 is 11.4 Å². The largest absolute Gasteiger partial charge is 0.384 e. The summed E-state index contributed by atoms with van der Waals surface area (Å²) in [6.45, 7) is 3.87. The molecule has 2 aromatic rings. The van der Waals surface area contributed by atoms with Crippen molar-refractivity contribution >= 4 is 17.6 Å². The van der Waals surface area contributed by atoms with Gasteiger partial charge in [-0.15, -0.1) is 5.10 Å². The van der Waals surface area contributed by atoms with E-state index in [0.717, 1.165) is 5.56 Å². The molecule has 0 aliphatic rings. The lowest BCUT2D eigenvalue weighted by atomic mass is 10.1. The zero-order valence-corrected chi connectivity index (χ0v) is 12.2. The number of hydrogen-bond acceptors (Lipinski definition) is 4. The maximum atomic E-state index is 11.6. The molecule has 0 spiro atoms. The molecule has 106 valence electrons. The lowest BCUT2D eigenvalue weighted by Gasteiger charge is -2.10. The summed E-state index contributed by atoms with van der Waals surface area (Å²) in [6, 6.07) is 7.55. The fourth-order valence-corrected chi connectivity index (χ4v) is 2.98. The first kappa shape index (κ1) is 14.4. The minimum atomic E-state index is -0.206. The van der Waals surface area contributed by atoms with E-state index >= 15 is 0 Å². The number of amidine groups is 1. The third-order valence-corrected chi connectivity index (χ3v) is 3.85. The molecule has 0 aliphatic carbocycles. The number of hydrogen-bond donors (Lipinski definition) is 3. The number of nitrogens with zero attached hydrogens (tertiary/aromatic N) is 2. The quantitative estimate of drug-likeness (QED) is 0.443. The molecule has 0 unspecified atom stereocenters. The third kappa shape index (κ3) is 2.93. The fraction of sp³-hybridized carbons (Fsp3) is 0.308. The van der Waals surface area contributed by atoms with Crippen LogP contribution in [0.4, 0.5) is 0 Å². The minimum Gasteiger partial charge on any atom is -0.384 e. The Morgan fingerprint density at radius 3 is 2.85 bits per heavy atom. The topological polar surface area (TPSA) is 101 Å². The summed E-state index contributed by atoms with van der Waals surface area (Å²) in [5.74, 6) is 0.650. The van der Waals surface area contributed by atoms with E-state index in [9.17, 15) is 4.79 Å². The van der Waals surface area contributed by atoms with Gasteiger partial charge < -0.3 is 5.73 Å². The molecule has 7 heteroatoms. The predicted molar refractivity (Wildman–Crippen MR) is 80.3 cm³/mol. The van der Waals surface area contributed by atoms with Gasteiger partial charge in [-0.25, -0.2) is 9.89 Å². The van der Waals surface area contributed by atoms with E-state index in [0.29, 0.717) is 16.5 Å². The first-order valence-electron chi connectivity index (χ1n) is 6.22. The molecule has 0 saturated heterocycles. The number of aromatic amines is 1. The molecule has 2 rings (SSSR count). The molecular weight excluding hydrogens is 274 g/mol. The second-order valence-corrected chi connectivity index (χ2v) is 5.58. The van der Waals surface area contributed by atoms with Crippen molar-refractivity contribution in [1.82, 2.24) is 14.8 Å². The van der Waals surface area contributed by atoms with Crippen LogP contribution in [0, 0.1) is 5.41 Å². The standard InChI is InChI=1S/C13H17N5OS/c1-8(2)18-12(19)16-17-13(18)20-7-9-5-3-4-6-10(9)11(14)15/h3-6,8H,7H2,1-2H3,(H3,14,15)(H,16,19). The van der Waals surface area contributed by atoms with Gasteiger partial charge in [0.25, 0.3) is 0 Å². The Morgan fingerprint density at radius 2 is 2.20 bits per heavy atom. The maximum Gasteiger partial charge on any atom is 0.344 e. The van der Waals surface area contributed by atoms with Crippen molar-refractivity contribution in [2.75, 3.05) is 0 Å². The second-order valence-electron chi connectivity index (χ2n) is 4.63. The van der Waals surface area contributed by atoms with Crippen molar-refractivity contribution in [3.05, 3.63) is 45.9 Å². The lowest BCUT2D eigenvalue weighted by molar-refractivity contribution is 0.534. The highest BCUT2D eigenvalue weighted by Gasteiger charge is 2.13. The zero-order chi connectivity index (χ0) is 14.7. The van der Waals surface area contributed by atoms with Crippen molar-refractivity contribution in [1.29, 1.82) is 5.41 Å². The van der Waals surface area contributed by atoms with Crippen molar-refractivity contribution in [2.45, 2.75) is 30.8 Å². The fourth-order valence-electron chi connectivity index (χ4n) is 1.90. The Morgan fingerprint density at radius 1 is 1.50 bits per heavy atom. The minimum absolute atomic E-state index is 0.0458. The molecule has 0 amide bonds. The van der Waals surface area contributed by atoms with Crippen molar-refractivity contribution < 1.29 is 0 Å².